The summed E-state index contributed by atoms with van der Waals surface area (Å²) in [7, 11) is 0. The first-order valence-electron chi connectivity index (χ1n) is 7.39. The average molecular weight is 327 g/mol. The van der Waals surface area contributed by atoms with Crippen molar-refractivity contribution in [2.75, 3.05) is 5.32 Å². The van der Waals surface area contributed by atoms with E-state index in [1.165, 1.54) is 23.6 Å². The van der Waals surface area contributed by atoms with E-state index in [2.05, 4.69) is 10.3 Å². The van der Waals surface area contributed by atoms with E-state index >= 15 is 0 Å². The van der Waals surface area contributed by atoms with Crippen molar-refractivity contribution in [1.82, 2.24) is 4.98 Å². The number of fused-ring (bicyclic) bond motifs is 1. The minimum atomic E-state index is -0.325. The maximum atomic E-state index is 12.1. The molecule has 0 fully saturated rings. The predicted molar refractivity (Wildman–Crippen MR) is 92.1 cm³/mol. The van der Waals surface area contributed by atoms with E-state index in [9.17, 15) is 9.90 Å². The molecule has 3 rings (SSSR count). The van der Waals surface area contributed by atoms with Crippen molar-refractivity contribution >= 4 is 34.5 Å². The highest BCUT2D eigenvalue weighted by Gasteiger charge is 2.24. The molecule has 0 saturated carbocycles. The molecule has 1 unspecified atom stereocenters. The van der Waals surface area contributed by atoms with Crippen LogP contribution in [-0.2, 0) is 17.6 Å². The van der Waals surface area contributed by atoms with Crippen molar-refractivity contribution in [3.63, 3.8) is 0 Å². The van der Waals surface area contributed by atoms with Gasteiger partial charge in [-0.3, -0.25) is 9.78 Å². The summed E-state index contributed by atoms with van der Waals surface area (Å²) in [6.45, 7) is 0. The smallest absolute Gasteiger partial charge is 0.249 e. The normalized spacial score (nSPS) is 17.0. The largest absolute Gasteiger partial charge is 0.393 e. The number of amides is 1. The average Bonchev–Trinajstić information content (AvgIpc) is 2.89. The predicted octanol–water partition coefficient (Wildman–Crippen LogP) is 2.64. The Kier molecular flexibility index (Phi) is 4.64. The SMILES string of the molecule is N=Cc1c(NC(=O)/C=C/c2cccnc2)sc2c1CCC(O)C2. The Morgan fingerprint density at radius 3 is 3.13 bits per heavy atom. The number of aliphatic hydroxyl groups is 1. The maximum Gasteiger partial charge on any atom is 0.249 e. The standard InChI is InChI=1S/C17H17N3O2S/c18-9-14-13-5-4-12(21)8-15(13)23-17(14)20-16(22)6-3-11-2-1-7-19-10-11/h1-3,6-7,9-10,12,18,21H,4-5,8H2,(H,20,22)/b6-3+,18-9?. The number of carbonyl (C=O) groups excluding carboxylic acids is 1. The Labute approximate surface area is 138 Å². The molecule has 6 heteroatoms. The van der Waals surface area contributed by atoms with Crippen LogP contribution in [0.15, 0.2) is 30.6 Å². The van der Waals surface area contributed by atoms with Crippen LogP contribution in [0, 0.1) is 5.41 Å². The molecule has 0 spiro atoms. The summed E-state index contributed by atoms with van der Waals surface area (Å²) in [5, 5.41) is 20.9. The highest BCUT2D eigenvalue weighted by Crippen LogP contribution is 2.37. The van der Waals surface area contributed by atoms with E-state index < -0.39 is 0 Å². The molecular formula is C17H17N3O2S. The molecule has 0 aliphatic heterocycles. The van der Waals surface area contributed by atoms with Crippen molar-refractivity contribution < 1.29 is 9.90 Å². The molecule has 118 valence electrons. The van der Waals surface area contributed by atoms with Gasteiger partial charge in [0, 0.05) is 41.5 Å². The molecule has 23 heavy (non-hydrogen) atoms. The third-order valence-corrected chi connectivity index (χ3v) is 4.96. The summed E-state index contributed by atoms with van der Waals surface area (Å²) in [6, 6.07) is 3.67. The first-order chi connectivity index (χ1) is 11.2. The van der Waals surface area contributed by atoms with Crippen LogP contribution >= 0.6 is 11.3 Å². The van der Waals surface area contributed by atoms with Crippen molar-refractivity contribution in [2.45, 2.75) is 25.4 Å². The van der Waals surface area contributed by atoms with Crippen LogP contribution in [0.4, 0.5) is 5.00 Å². The second kappa shape index (κ2) is 6.85. The lowest BCUT2D eigenvalue weighted by Crippen LogP contribution is -2.17. The van der Waals surface area contributed by atoms with E-state index in [0.29, 0.717) is 17.8 Å². The van der Waals surface area contributed by atoms with Gasteiger partial charge in [0.1, 0.15) is 5.00 Å². The fraction of sp³-hybridized carbons (Fsp3) is 0.235. The highest BCUT2D eigenvalue weighted by atomic mass is 32.1. The molecule has 0 radical (unpaired) electrons. The first-order valence-corrected chi connectivity index (χ1v) is 8.21. The number of hydrogen-bond acceptors (Lipinski definition) is 5. The van der Waals surface area contributed by atoms with E-state index in [4.69, 9.17) is 5.41 Å². The number of pyridine rings is 1. The van der Waals surface area contributed by atoms with Crippen LogP contribution < -0.4 is 5.32 Å². The first kappa shape index (κ1) is 15.6. The Hall–Kier alpha value is -2.31. The molecule has 1 amide bonds. The van der Waals surface area contributed by atoms with E-state index in [-0.39, 0.29) is 12.0 Å². The Balaban J connectivity index is 1.76. The molecule has 2 aromatic heterocycles. The molecular weight excluding hydrogens is 310 g/mol. The highest BCUT2D eigenvalue weighted by molar-refractivity contribution is 7.17. The van der Waals surface area contributed by atoms with E-state index in [1.54, 1.807) is 18.5 Å². The number of nitrogens with zero attached hydrogens (tertiary/aromatic N) is 1. The van der Waals surface area contributed by atoms with Crippen LogP contribution in [-0.4, -0.2) is 28.3 Å². The van der Waals surface area contributed by atoms with Gasteiger partial charge in [-0.1, -0.05) is 6.07 Å². The lowest BCUT2D eigenvalue weighted by Gasteiger charge is -2.16. The number of aromatic nitrogens is 1. The molecule has 3 N–H and O–H groups in total. The Morgan fingerprint density at radius 2 is 2.39 bits per heavy atom. The van der Waals surface area contributed by atoms with Crippen LogP contribution in [0.2, 0.25) is 0 Å². The monoisotopic (exact) mass is 327 g/mol. The van der Waals surface area contributed by atoms with Gasteiger partial charge in [-0.05, 0) is 36.1 Å². The summed E-state index contributed by atoms with van der Waals surface area (Å²) < 4.78 is 0. The molecule has 2 aromatic rings. The van der Waals surface area contributed by atoms with Crippen LogP contribution in [0.5, 0.6) is 0 Å². The van der Waals surface area contributed by atoms with E-state index in [0.717, 1.165) is 28.0 Å². The van der Waals surface area contributed by atoms with Gasteiger partial charge in [-0.25, -0.2) is 0 Å². The van der Waals surface area contributed by atoms with Crippen molar-refractivity contribution in [3.05, 3.63) is 52.2 Å². The molecule has 5 nitrogen and oxygen atoms in total. The maximum absolute atomic E-state index is 12.1. The number of hydrogen-bond donors (Lipinski definition) is 3. The van der Waals surface area contributed by atoms with Gasteiger partial charge in [0.15, 0.2) is 0 Å². The third kappa shape index (κ3) is 3.55. The summed E-state index contributed by atoms with van der Waals surface area (Å²) in [6.07, 6.45) is 9.53. The zero-order valence-electron chi connectivity index (χ0n) is 12.5. The molecule has 0 aromatic carbocycles. The molecule has 0 saturated heterocycles. The topological polar surface area (TPSA) is 86.1 Å². The Bertz CT molecular complexity index is 753. The quantitative estimate of drug-likeness (QED) is 0.596. The van der Waals surface area contributed by atoms with Gasteiger partial charge in [0.2, 0.25) is 5.91 Å². The molecule has 0 bridgehead atoms. The minimum Gasteiger partial charge on any atom is -0.393 e. The molecule has 1 aliphatic rings. The zero-order chi connectivity index (χ0) is 16.2. The fourth-order valence-electron chi connectivity index (χ4n) is 2.64. The van der Waals surface area contributed by atoms with Gasteiger partial charge >= 0.3 is 0 Å². The van der Waals surface area contributed by atoms with Crippen LogP contribution in [0.3, 0.4) is 0 Å². The number of carbonyl (C=O) groups is 1. The lowest BCUT2D eigenvalue weighted by atomic mass is 9.94. The fourth-order valence-corrected chi connectivity index (χ4v) is 3.94. The lowest BCUT2D eigenvalue weighted by molar-refractivity contribution is -0.111. The second-order valence-corrected chi connectivity index (χ2v) is 6.50. The summed E-state index contributed by atoms with van der Waals surface area (Å²) in [4.78, 5) is 17.1. The second-order valence-electron chi connectivity index (χ2n) is 5.40. The van der Waals surface area contributed by atoms with Gasteiger partial charge in [0.25, 0.3) is 0 Å². The molecule has 1 atom stereocenters. The summed E-state index contributed by atoms with van der Waals surface area (Å²) in [5.74, 6) is -0.240. The summed E-state index contributed by atoms with van der Waals surface area (Å²) in [5.41, 5.74) is 2.70. The number of anilines is 1. The number of aliphatic hydroxyl groups excluding tert-OH is 1. The third-order valence-electron chi connectivity index (χ3n) is 3.77. The zero-order valence-corrected chi connectivity index (χ0v) is 13.3. The minimum absolute atomic E-state index is 0.240. The number of nitrogens with one attached hydrogen (secondary N) is 2. The van der Waals surface area contributed by atoms with Gasteiger partial charge in [-0.15, -0.1) is 11.3 Å². The van der Waals surface area contributed by atoms with Crippen molar-refractivity contribution in [2.24, 2.45) is 0 Å². The van der Waals surface area contributed by atoms with Crippen LogP contribution in [0.1, 0.15) is 28.0 Å². The summed E-state index contributed by atoms with van der Waals surface area (Å²) >= 11 is 1.45. The van der Waals surface area contributed by atoms with Gasteiger partial charge in [0.05, 0.1) is 6.10 Å². The Morgan fingerprint density at radius 1 is 1.52 bits per heavy atom. The molecule has 1 aliphatic carbocycles. The molecule has 2 heterocycles. The van der Waals surface area contributed by atoms with Crippen LogP contribution in [0.25, 0.3) is 6.08 Å². The van der Waals surface area contributed by atoms with Crippen molar-refractivity contribution in [3.8, 4) is 0 Å². The van der Waals surface area contributed by atoms with Gasteiger partial charge in [-0.2, -0.15) is 0 Å². The number of thiophene rings is 1. The number of rotatable bonds is 4. The van der Waals surface area contributed by atoms with E-state index in [1.807, 2.05) is 12.1 Å². The van der Waals surface area contributed by atoms with Crippen molar-refractivity contribution in [1.29, 1.82) is 5.41 Å². The van der Waals surface area contributed by atoms with Gasteiger partial charge < -0.3 is 15.8 Å².